The van der Waals surface area contributed by atoms with Crippen LogP contribution in [-0.4, -0.2) is 76.4 Å². The van der Waals surface area contributed by atoms with Crippen molar-refractivity contribution < 1.29 is 47.9 Å². The van der Waals surface area contributed by atoms with Crippen LogP contribution in [0.1, 0.15) is 6.92 Å². The van der Waals surface area contributed by atoms with Crippen LogP contribution in [-0.2, 0) is 24.3 Å². The average Bonchev–Trinajstić information content (AvgIpc) is 2.75. The number of carboxylic acids is 1. The first-order valence-corrected chi connectivity index (χ1v) is 10.9. The standard InChI is InChI=1S/C19H21N3O10S/c1-9(23)21-10-2-5-12(6-3-10)33(29,30)22-13-7-4-11(8-20-13)31-19-16(26)14(24)15(25)17(32-19)18(27)28/h2-8,14-17,19,24-26H,1H3,(H,20,22)(H,21,23)(H,27,28)/t14-,15-,16+,17-,19+/m0/s1. The maximum atomic E-state index is 12.5. The zero-order chi connectivity index (χ0) is 24.3. The van der Waals surface area contributed by atoms with E-state index in [1.54, 1.807) is 0 Å². The van der Waals surface area contributed by atoms with Crippen LogP contribution >= 0.6 is 0 Å². The summed E-state index contributed by atoms with van der Waals surface area (Å²) < 4.78 is 37.6. The van der Waals surface area contributed by atoms with Gasteiger partial charge in [0.05, 0.1) is 11.1 Å². The van der Waals surface area contributed by atoms with Crippen LogP contribution in [0, 0.1) is 0 Å². The van der Waals surface area contributed by atoms with Crippen LogP contribution in [0.4, 0.5) is 11.5 Å². The van der Waals surface area contributed by atoms with E-state index in [1.165, 1.54) is 43.3 Å². The summed E-state index contributed by atoms with van der Waals surface area (Å²) in [6.07, 6.45) is -7.82. The molecular weight excluding hydrogens is 462 g/mol. The number of nitrogens with one attached hydrogen (secondary N) is 2. The van der Waals surface area contributed by atoms with Crippen molar-refractivity contribution in [2.75, 3.05) is 10.0 Å². The summed E-state index contributed by atoms with van der Waals surface area (Å²) in [5.41, 5.74) is 0.427. The first kappa shape index (κ1) is 24.3. The second-order valence-electron chi connectivity index (χ2n) is 7.04. The predicted octanol–water partition coefficient (Wildman–Crippen LogP) is -0.888. The zero-order valence-corrected chi connectivity index (χ0v) is 17.8. The highest BCUT2D eigenvalue weighted by Crippen LogP contribution is 2.25. The number of anilines is 2. The number of amides is 1. The number of carbonyl (C=O) groups excluding carboxylic acids is 1. The minimum atomic E-state index is -3.99. The molecule has 0 aliphatic carbocycles. The summed E-state index contributed by atoms with van der Waals surface area (Å²) in [6.45, 7) is 1.32. The lowest BCUT2D eigenvalue weighted by atomic mass is 9.99. The van der Waals surface area contributed by atoms with E-state index >= 15 is 0 Å². The molecule has 0 radical (unpaired) electrons. The van der Waals surface area contributed by atoms with Crippen molar-refractivity contribution in [3.05, 3.63) is 42.6 Å². The van der Waals surface area contributed by atoms with Crippen LogP contribution < -0.4 is 14.8 Å². The Labute approximate surface area is 187 Å². The van der Waals surface area contributed by atoms with E-state index in [0.29, 0.717) is 5.69 Å². The molecule has 1 aliphatic heterocycles. The number of hydrogen-bond donors (Lipinski definition) is 6. The number of aromatic nitrogens is 1. The van der Waals surface area contributed by atoms with Crippen LogP contribution in [0.2, 0.25) is 0 Å². The molecule has 0 saturated carbocycles. The molecule has 2 aromatic rings. The van der Waals surface area contributed by atoms with Crippen LogP contribution in [0.25, 0.3) is 0 Å². The first-order chi connectivity index (χ1) is 15.5. The lowest BCUT2D eigenvalue weighted by Gasteiger charge is -2.38. The molecule has 13 nitrogen and oxygen atoms in total. The molecule has 1 fully saturated rings. The first-order valence-electron chi connectivity index (χ1n) is 9.43. The van der Waals surface area contributed by atoms with Crippen molar-refractivity contribution >= 4 is 33.4 Å². The molecule has 1 aromatic carbocycles. The number of hydrogen-bond acceptors (Lipinski definition) is 10. The van der Waals surface area contributed by atoms with E-state index in [1.807, 2.05) is 0 Å². The Bertz CT molecular complexity index is 1110. The normalized spacial score (nSPS) is 25.2. The van der Waals surface area contributed by atoms with Crippen LogP contribution in [0.3, 0.4) is 0 Å². The largest absolute Gasteiger partial charge is 0.479 e. The Kier molecular flexibility index (Phi) is 7.14. The number of sulfonamides is 1. The molecule has 0 unspecified atom stereocenters. The monoisotopic (exact) mass is 483 g/mol. The molecule has 5 atom stereocenters. The molecule has 14 heteroatoms. The summed E-state index contributed by atoms with van der Waals surface area (Å²) in [7, 11) is -3.99. The van der Waals surface area contributed by atoms with Gasteiger partial charge >= 0.3 is 5.97 Å². The highest BCUT2D eigenvalue weighted by molar-refractivity contribution is 7.92. The van der Waals surface area contributed by atoms with Gasteiger partial charge in [0, 0.05) is 12.6 Å². The van der Waals surface area contributed by atoms with Crippen molar-refractivity contribution in [1.29, 1.82) is 0 Å². The molecule has 1 amide bonds. The summed E-state index contributed by atoms with van der Waals surface area (Å²) in [5, 5.41) is 41.1. The SMILES string of the molecule is CC(=O)Nc1ccc(S(=O)(=O)Nc2ccc(O[C@@H]3O[C@H](C(=O)O)[C@@H](O)[C@H](O)[C@H]3O)cn2)cc1. The fourth-order valence-electron chi connectivity index (χ4n) is 2.91. The molecule has 1 aliphatic rings. The molecular formula is C19H21N3O10S. The van der Waals surface area contributed by atoms with Gasteiger partial charge in [-0.3, -0.25) is 9.52 Å². The molecule has 2 heterocycles. The van der Waals surface area contributed by atoms with Gasteiger partial charge in [-0.25, -0.2) is 18.2 Å². The number of aliphatic carboxylic acids is 1. The van der Waals surface area contributed by atoms with E-state index in [-0.39, 0.29) is 22.4 Å². The van der Waals surface area contributed by atoms with Gasteiger partial charge in [0.15, 0.2) is 6.10 Å². The van der Waals surface area contributed by atoms with Crippen molar-refractivity contribution in [3.63, 3.8) is 0 Å². The van der Waals surface area contributed by atoms with E-state index in [0.717, 1.165) is 6.20 Å². The van der Waals surface area contributed by atoms with Gasteiger partial charge in [-0.2, -0.15) is 0 Å². The number of pyridine rings is 1. The van der Waals surface area contributed by atoms with Crippen LogP contribution in [0.5, 0.6) is 5.75 Å². The van der Waals surface area contributed by atoms with Crippen molar-refractivity contribution in [2.45, 2.75) is 42.5 Å². The summed E-state index contributed by atoms with van der Waals surface area (Å²) in [5.74, 6) is -1.97. The van der Waals surface area contributed by atoms with Crippen molar-refractivity contribution in [2.24, 2.45) is 0 Å². The number of carbonyl (C=O) groups is 2. The number of aliphatic hydroxyl groups excluding tert-OH is 3. The third kappa shape index (κ3) is 5.74. The third-order valence-electron chi connectivity index (χ3n) is 4.53. The van der Waals surface area contributed by atoms with Gasteiger partial charge in [-0.15, -0.1) is 0 Å². The highest BCUT2D eigenvalue weighted by atomic mass is 32.2. The van der Waals surface area contributed by atoms with E-state index in [9.17, 15) is 33.3 Å². The minimum Gasteiger partial charge on any atom is -0.479 e. The van der Waals surface area contributed by atoms with Crippen LogP contribution in [0.15, 0.2) is 47.5 Å². The Balaban J connectivity index is 1.67. The second-order valence-corrected chi connectivity index (χ2v) is 8.73. The fourth-order valence-corrected chi connectivity index (χ4v) is 3.92. The Morgan fingerprint density at radius 1 is 1.03 bits per heavy atom. The number of rotatable bonds is 7. The smallest absolute Gasteiger partial charge is 0.335 e. The summed E-state index contributed by atoms with van der Waals surface area (Å²) in [6, 6.07) is 7.95. The Morgan fingerprint density at radius 3 is 2.24 bits per heavy atom. The second kappa shape index (κ2) is 9.68. The van der Waals surface area contributed by atoms with E-state index < -0.39 is 46.7 Å². The lowest BCUT2D eigenvalue weighted by Crippen LogP contribution is -2.61. The topological polar surface area (TPSA) is 205 Å². The van der Waals surface area contributed by atoms with Gasteiger partial charge in [0.25, 0.3) is 10.0 Å². The summed E-state index contributed by atoms with van der Waals surface area (Å²) >= 11 is 0. The molecule has 1 aromatic heterocycles. The number of ether oxygens (including phenoxy) is 2. The number of carboxylic acid groups (broad SMARTS) is 1. The van der Waals surface area contributed by atoms with Gasteiger partial charge < -0.3 is 35.2 Å². The molecule has 1 saturated heterocycles. The Hall–Kier alpha value is -3.30. The number of aliphatic hydroxyl groups is 3. The predicted molar refractivity (Wildman–Crippen MR) is 111 cm³/mol. The molecule has 0 bridgehead atoms. The van der Waals surface area contributed by atoms with Gasteiger partial charge in [-0.1, -0.05) is 0 Å². The number of nitrogens with zero attached hydrogens (tertiary/aromatic N) is 1. The maximum absolute atomic E-state index is 12.5. The van der Waals surface area contributed by atoms with Gasteiger partial charge in [0.1, 0.15) is 29.9 Å². The maximum Gasteiger partial charge on any atom is 0.335 e. The highest BCUT2D eigenvalue weighted by Gasteiger charge is 2.48. The molecule has 3 rings (SSSR count). The molecule has 6 N–H and O–H groups in total. The van der Waals surface area contributed by atoms with Gasteiger partial charge in [-0.05, 0) is 36.4 Å². The third-order valence-corrected chi connectivity index (χ3v) is 5.90. The Morgan fingerprint density at radius 2 is 1.70 bits per heavy atom. The van der Waals surface area contributed by atoms with E-state index in [2.05, 4.69) is 15.0 Å². The quantitative estimate of drug-likeness (QED) is 0.285. The lowest BCUT2D eigenvalue weighted by molar-refractivity contribution is -0.271. The van der Waals surface area contributed by atoms with Crippen molar-refractivity contribution in [1.82, 2.24) is 4.98 Å². The molecule has 178 valence electrons. The van der Waals surface area contributed by atoms with Gasteiger partial charge in [0.2, 0.25) is 12.2 Å². The minimum absolute atomic E-state index is 0.0330. The van der Waals surface area contributed by atoms with Crippen molar-refractivity contribution in [3.8, 4) is 5.75 Å². The number of benzene rings is 1. The zero-order valence-electron chi connectivity index (χ0n) is 17.0. The van der Waals surface area contributed by atoms with E-state index in [4.69, 9.17) is 14.6 Å². The molecule has 33 heavy (non-hydrogen) atoms. The average molecular weight is 483 g/mol. The molecule has 0 spiro atoms. The summed E-state index contributed by atoms with van der Waals surface area (Å²) in [4.78, 5) is 26.0. The fraction of sp³-hybridized carbons (Fsp3) is 0.316.